The third-order valence-electron chi connectivity index (χ3n) is 5.92. The van der Waals surface area contributed by atoms with Gasteiger partial charge in [0.2, 0.25) is 5.91 Å². The van der Waals surface area contributed by atoms with Crippen LogP contribution in [0.2, 0.25) is 0 Å². The number of likely N-dealkylation sites (tertiary alicyclic amines) is 1. The van der Waals surface area contributed by atoms with Gasteiger partial charge in [-0.15, -0.1) is 0 Å². The topological polar surface area (TPSA) is 37.3 Å². The maximum Gasteiger partial charge on any atom is 0.239 e. The van der Waals surface area contributed by atoms with E-state index in [-0.39, 0.29) is 5.91 Å². The molecule has 0 spiro atoms. The van der Waals surface area contributed by atoms with E-state index in [0.29, 0.717) is 6.54 Å². The second kappa shape index (κ2) is 9.27. The third kappa shape index (κ3) is 5.07. The molecule has 4 rings (SSSR count). The Hall–Kier alpha value is -2.59. The molecule has 0 radical (unpaired) electrons. The lowest BCUT2D eigenvalue weighted by Gasteiger charge is -2.19. The van der Waals surface area contributed by atoms with E-state index >= 15 is 0 Å². The van der Waals surface area contributed by atoms with Gasteiger partial charge in [-0.25, -0.2) is 0 Å². The van der Waals surface area contributed by atoms with Crippen molar-refractivity contribution in [1.29, 1.82) is 0 Å². The molecule has 2 heterocycles. The molecule has 1 fully saturated rings. The summed E-state index contributed by atoms with van der Waals surface area (Å²) in [6.07, 6.45) is 7.26. The van der Waals surface area contributed by atoms with Crippen LogP contribution in [0.3, 0.4) is 0 Å². The van der Waals surface area contributed by atoms with Crippen molar-refractivity contribution in [2.45, 2.75) is 39.2 Å². The van der Waals surface area contributed by atoms with E-state index in [1.807, 2.05) is 10.8 Å². The quantitative estimate of drug-likeness (QED) is 0.668. The standard InChI is InChI=1S/C25H31N3O/c1-20-6-8-21(9-7-20)23-11-10-22-12-16-28(24(22)18-23)19-25(29)26-13-17-27-14-4-2-3-5-15-27/h6-12,16,18H,2-5,13-15,17,19H2,1H3,(H,26,29). The summed E-state index contributed by atoms with van der Waals surface area (Å²) in [4.78, 5) is 15.0. The summed E-state index contributed by atoms with van der Waals surface area (Å²) >= 11 is 0. The molecule has 2 aromatic carbocycles. The van der Waals surface area contributed by atoms with Crippen molar-refractivity contribution >= 4 is 16.8 Å². The second-order valence-electron chi connectivity index (χ2n) is 8.19. The predicted octanol–water partition coefficient (Wildman–Crippen LogP) is 4.61. The highest BCUT2D eigenvalue weighted by Gasteiger charge is 2.11. The monoisotopic (exact) mass is 389 g/mol. The number of fused-ring (bicyclic) bond motifs is 1. The number of hydrogen-bond acceptors (Lipinski definition) is 2. The van der Waals surface area contributed by atoms with E-state index in [0.717, 1.165) is 18.6 Å². The van der Waals surface area contributed by atoms with E-state index in [2.05, 4.69) is 65.7 Å². The van der Waals surface area contributed by atoms with Gasteiger partial charge in [0, 0.05) is 24.8 Å². The van der Waals surface area contributed by atoms with Gasteiger partial charge in [0.25, 0.3) is 0 Å². The zero-order chi connectivity index (χ0) is 20.1. The van der Waals surface area contributed by atoms with Crippen LogP contribution in [0.15, 0.2) is 54.7 Å². The van der Waals surface area contributed by atoms with Crippen LogP contribution < -0.4 is 5.32 Å². The Morgan fingerprint density at radius 3 is 2.41 bits per heavy atom. The van der Waals surface area contributed by atoms with Gasteiger partial charge in [0.15, 0.2) is 0 Å². The Morgan fingerprint density at radius 2 is 1.66 bits per heavy atom. The summed E-state index contributed by atoms with van der Waals surface area (Å²) in [7, 11) is 0. The van der Waals surface area contributed by atoms with E-state index in [4.69, 9.17) is 0 Å². The summed E-state index contributed by atoms with van der Waals surface area (Å²) in [6.45, 7) is 6.48. The normalized spacial score (nSPS) is 15.3. The van der Waals surface area contributed by atoms with Gasteiger partial charge in [0.05, 0.1) is 0 Å². The zero-order valence-corrected chi connectivity index (χ0v) is 17.4. The molecular formula is C25H31N3O. The van der Waals surface area contributed by atoms with Crippen molar-refractivity contribution in [3.05, 3.63) is 60.3 Å². The molecular weight excluding hydrogens is 358 g/mol. The van der Waals surface area contributed by atoms with Crippen LogP contribution in [0.4, 0.5) is 0 Å². The number of benzene rings is 2. The van der Waals surface area contributed by atoms with E-state index < -0.39 is 0 Å². The molecule has 4 heteroatoms. The van der Waals surface area contributed by atoms with Crippen molar-refractivity contribution in [2.24, 2.45) is 0 Å². The zero-order valence-electron chi connectivity index (χ0n) is 17.4. The number of nitrogens with one attached hydrogen (secondary N) is 1. The van der Waals surface area contributed by atoms with Gasteiger partial charge >= 0.3 is 0 Å². The van der Waals surface area contributed by atoms with Gasteiger partial charge in [-0.05, 0) is 61.5 Å². The Labute approximate surface area is 173 Å². The maximum absolute atomic E-state index is 12.5. The Balaban J connectivity index is 1.38. The number of hydrogen-bond donors (Lipinski definition) is 1. The first-order valence-corrected chi connectivity index (χ1v) is 10.8. The smallest absolute Gasteiger partial charge is 0.239 e. The number of aromatic nitrogens is 1. The third-order valence-corrected chi connectivity index (χ3v) is 5.92. The molecule has 1 saturated heterocycles. The summed E-state index contributed by atoms with van der Waals surface area (Å²) in [6, 6.07) is 17.1. The molecule has 0 aliphatic carbocycles. The van der Waals surface area contributed by atoms with Crippen molar-refractivity contribution in [3.63, 3.8) is 0 Å². The lowest BCUT2D eigenvalue weighted by Crippen LogP contribution is -2.36. The van der Waals surface area contributed by atoms with Gasteiger partial charge in [-0.2, -0.15) is 0 Å². The van der Waals surface area contributed by atoms with Crippen LogP contribution in [0.1, 0.15) is 31.2 Å². The van der Waals surface area contributed by atoms with Crippen molar-refractivity contribution in [1.82, 2.24) is 14.8 Å². The SMILES string of the molecule is Cc1ccc(-c2ccc3ccn(CC(=O)NCCN4CCCCCC4)c3c2)cc1. The largest absolute Gasteiger partial charge is 0.353 e. The minimum absolute atomic E-state index is 0.0815. The van der Waals surface area contributed by atoms with Gasteiger partial charge in [-0.3, -0.25) is 4.79 Å². The molecule has 1 aliphatic rings. The molecule has 1 aromatic heterocycles. The van der Waals surface area contributed by atoms with Crippen LogP contribution in [0.5, 0.6) is 0 Å². The fraction of sp³-hybridized carbons (Fsp3) is 0.400. The predicted molar refractivity (Wildman–Crippen MR) is 120 cm³/mol. The molecule has 1 amide bonds. The number of aryl methyl sites for hydroxylation is 1. The van der Waals surface area contributed by atoms with Crippen LogP contribution in [-0.2, 0) is 11.3 Å². The molecule has 4 nitrogen and oxygen atoms in total. The molecule has 0 bridgehead atoms. The average molecular weight is 390 g/mol. The van der Waals surface area contributed by atoms with Crippen molar-refractivity contribution in [2.75, 3.05) is 26.2 Å². The lowest BCUT2D eigenvalue weighted by molar-refractivity contribution is -0.121. The van der Waals surface area contributed by atoms with Crippen LogP contribution in [0, 0.1) is 6.92 Å². The molecule has 29 heavy (non-hydrogen) atoms. The average Bonchev–Trinajstić information content (AvgIpc) is 2.94. The fourth-order valence-corrected chi connectivity index (χ4v) is 4.17. The Bertz CT molecular complexity index is 950. The summed E-state index contributed by atoms with van der Waals surface area (Å²) in [5.41, 5.74) is 4.74. The molecule has 0 unspecified atom stereocenters. The first kappa shape index (κ1) is 19.7. The van der Waals surface area contributed by atoms with E-state index in [1.54, 1.807) is 0 Å². The highest BCUT2D eigenvalue weighted by atomic mass is 16.1. The van der Waals surface area contributed by atoms with Crippen molar-refractivity contribution in [3.8, 4) is 11.1 Å². The van der Waals surface area contributed by atoms with E-state index in [9.17, 15) is 4.79 Å². The lowest BCUT2D eigenvalue weighted by atomic mass is 10.0. The Morgan fingerprint density at radius 1 is 0.931 bits per heavy atom. The van der Waals surface area contributed by atoms with Gasteiger partial charge in [0.1, 0.15) is 6.54 Å². The highest BCUT2D eigenvalue weighted by molar-refractivity contribution is 5.87. The molecule has 0 saturated carbocycles. The number of carbonyl (C=O) groups excluding carboxylic acids is 1. The summed E-state index contributed by atoms with van der Waals surface area (Å²) < 4.78 is 2.05. The van der Waals surface area contributed by atoms with Gasteiger partial charge < -0.3 is 14.8 Å². The molecule has 3 aromatic rings. The number of amides is 1. The minimum Gasteiger partial charge on any atom is -0.353 e. The van der Waals surface area contributed by atoms with E-state index in [1.165, 1.54) is 60.8 Å². The van der Waals surface area contributed by atoms with Crippen LogP contribution >= 0.6 is 0 Å². The molecule has 1 N–H and O–H groups in total. The summed E-state index contributed by atoms with van der Waals surface area (Å²) in [5, 5.41) is 4.27. The van der Waals surface area contributed by atoms with Crippen LogP contribution in [0.25, 0.3) is 22.0 Å². The molecule has 152 valence electrons. The minimum atomic E-state index is 0.0815. The first-order chi connectivity index (χ1) is 14.2. The molecule has 0 atom stereocenters. The highest BCUT2D eigenvalue weighted by Crippen LogP contribution is 2.25. The molecule has 1 aliphatic heterocycles. The second-order valence-corrected chi connectivity index (χ2v) is 8.19. The Kier molecular flexibility index (Phi) is 6.30. The van der Waals surface area contributed by atoms with Crippen molar-refractivity contribution < 1.29 is 4.79 Å². The number of rotatable bonds is 6. The van der Waals surface area contributed by atoms with Crippen LogP contribution in [-0.4, -0.2) is 41.6 Å². The number of nitrogens with zero attached hydrogens (tertiary/aromatic N) is 2. The summed E-state index contributed by atoms with van der Waals surface area (Å²) in [5.74, 6) is 0.0815. The van der Waals surface area contributed by atoms with Gasteiger partial charge in [-0.1, -0.05) is 54.8 Å². The fourth-order valence-electron chi connectivity index (χ4n) is 4.17. The number of carbonyl (C=O) groups is 1. The maximum atomic E-state index is 12.5. The first-order valence-electron chi connectivity index (χ1n) is 10.8.